The van der Waals surface area contributed by atoms with Crippen molar-refractivity contribution in [1.29, 1.82) is 0 Å². The Morgan fingerprint density at radius 2 is 2.24 bits per heavy atom. The highest BCUT2D eigenvalue weighted by Crippen LogP contribution is 2.35. The monoisotopic (exact) mass is 294 g/mol. The average molecular weight is 294 g/mol. The molecule has 1 aromatic heterocycles. The van der Waals surface area contributed by atoms with Crippen LogP contribution in [0.25, 0.3) is 0 Å². The number of hydrogen-bond acceptors (Lipinski definition) is 6. The zero-order chi connectivity index (χ0) is 15.0. The molecule has 1 fully saturated rings. The topological polar surface area (TPSA) is 96.7 Å². The molecule has 21 heavy (non-hydrogen) atoms. The third-order valence-electron chi connectivity index (χ3n) is 4.03. The Bertz CT molecular complexity index is 619. The standard InChI is InChI=1S/C13H18N4O4/c1-16(20)11(19)9-8-10(18)17-6-7-21-13(12(17)15-9)2-4-14-5-3-13/h8,14,20H,2-7H2,1H3. The van der Waals surface area contributed by atoms with E-state index in [2.05, 4.69) is 10.3 Å². The van der Waals surface area contributed by atoms with E-state index in [0.29, 0.717) is 36.9 Å². The summed E-state index contributed by atoms with van der Waals surface area (Å²) in [5, 5.41) is 12.9. The molecule has 0 atom stereocenters. The number of aromatic nitrogens is 2. The lowest BCUT2D eigenvalue weighted by atomic mass is 9.89. The lowest BCUT2D eigenvalue weighted by molar-refractivity contribution is -0.102. The minimum absolute atomic E-state index is 0.0559. The Balaban J connectivity index is 2.12. The summed E-state index contributed by atoms with van der Waals surface area (Å²) in [6.07, 6.45) is 1.40. The highest BCUT2D eigenvalue weighted by molar-refractivity contribution is 5.91. The Kier molecular flexibility index (Phi) is 3.52. The molecular formula is C13H18N4O4. The number of nitrogens with zero attached hydrogens (tertiary/aromatic N) is 3. The number of hydrogen-bond donors (Lipinski definition) is 2. The van der Waals surface area contributed by atoms with E-state index in [1.54, 1.807) is 4.57 Å². The minimum atomic E-state index is -0.704. The van der Waals surface area contributed by atoms with Gasteiger partial charge < -0.3 is 10.1 Å². The fourth-order valence-corrected chi connectivity index (χ4v) is 2.94. The van der Waals surface area contributed by atoms with Crippen LogP contribution in [0.4, 0.5) is 0 Å². The Hall–Kier alpha value is -1.77. The maximum Gasteiger partial charge on any atom is 0.295 e. The normalized spacial score (nSPS) is 20.1. The van der Waals surface area contributed by atoms with Crippen molar-refractivity contribution in [3.05, 3.63) is 27.9 Å². The van der Waals surface area contributed by atoms with Crippen LogP contribution in [0.3, 0.4) is 0 Å². The van der Waals surface area contributed by atoms with Gasteiger partial charge in [-0.1, -0.05) is 0 Å². The second-order valence-electron chi connectivity index (χ2n) is 5.38. The van der Waals surface area contributed by atoms with Crippen LogP contribution in [0.2, 0.25) is 0 Å². The average Bonchev–Trinajstić information content (AvgIpc) is 2.48. The highest BCUT2D eigenvalue weighted by atomic mass is 16.5. The van der Waals surface area contributed by atoms with Crippen molar-refractivity contribution in [2.75, 3.05) is 26.7 Å². The molecule has 0 aliphatic carbocycles. The van der Waals surface area contributed by atoms with Gasteiger partial charge in [0.25, 0.3) is 11.5 Å². The summed E-state index contributed by atoms with van der Waals surface area (Å²) in [6.45, 7) is 2.43. The van der Waals surface area contributed by atoms with E-state index in [1.165, 1.54) is 13.1 Å². The number of fused-ring (bicyclic) bond motifs is 2. The van der Waals surface area contributed by atoms with E-state index >= 15 is 0 Å². The third-order valence-corrected chi connectivity index (χ3v) is 4.03. The van der Waals surface area contributed by atoms with Crippen LogP contribution in [-0.4, -0.2) is 52.5 Å². The summed E-state index contributed by atoms with van der Waals surface area (Å²) in [5.41, 5.74) is -0.960. The van der Waals surface area contributed by atoms with Gasteiger partial charge in [0, 0.05) is 13.1 Å². The van der Waals surface area contributed by atoms with Crippen LogP contribution >= 0.6 is 0 Å². The first kappa shape index (κ1) is 14.2. The fraction of sp³-hybridized carbons (Fsp3) is 0.615. The molecule has 3 rings (SSSR count). The van der Waals surface area contributed by atoms with Gasteiger partial charge >= 0.3 is 0 Å². The maximum atomic E-state index is 12.2. The SMILES string of the molecule is CN(O)C(=O)c1cc(=O)n2c(n1)C1(CCNCC1)OCC2. The van der Waals surface area contributed by atoms with Crippen LogP contribution in [0.15, 0.2) is 10.9 Å². The zero-order valence-corrected chi connectivity index (χ0v) is 11.8. The van der Waals surface area contributed by atoms with E-state index in [0.717, 1.165) is 13.1 Å². The van der Waals surface area contributed by atoms with E-state index in [4.69, 9.17) is 4.74 Å². The van der Waals surface area contributed by atoms with Gasteiger partial charge in [0.1, 0.15) is 17.1 Å². The van der Waals surface area contributed by atoms with Gasteiger partial charge in [0.2, 0.25) is 0 Å². The molecule has 3 heterocycles. The van der Waals surface area contributed by atoms with Crippen molar-refractivity contribution < 1.29 is 14.7 Å². The van der Waals surface area contributed by atoms with E-state index < -0.39 is 11.5 Å². The number of rotatable bonds is 1. The second kappa shape index (κ2) is 5.21. The van der Waals surface area contributed by atoms with E-state index in [-0.39, 0.29) is 11.3 Å². The van der Waals surface area contributed by atoms with Crippen molar-refractivity contribution >= 4 is 5.91 Å². The lowest BCUT2D eigenvalue weighted by Gasteiger charge is -2.41. The first-order valence-corrected chi connectivity index (χ1v) is 6.97. The third kappa shape index (κ3) is 2.35. The predicted molar refractivity (Wildman–Crippen MR) is 72.1 cm³/mol. The Labute approximate surface area is 121 Å². The van der Waals surface area contributed by atoms with Crippen LogP contribution in [0, 0.1) is 0 Å². The molecule has 1 amide bonds. The molecule has 1 spiro atoms. The van der Waals surface area contributed by atoms with E-state index in [9.17, 15) is 14.8 Å². The molecular weight excluding hydrogens is 276 g/mol. The van der Waals surface area contributed by atoms with Crippen LogP contribution < -0.4 is 10.9 Å². The zero-order valence-electron chi connectivity index (χ0n) is 11.8. The number of amides is 1. The van der Waals surface area contributed by atoms with Crippen molar-refractivity contribution in [2.24, 2.45) is 0 Å². The summed E-state index contributed by atoms with van der Waals surface area (Å²) < 4.78 is 7.51. The van der Waals surface area contributed by atoms with Crippen molar-refractivity contribution in [1.82, 2.24) is 19.9 Å². The van der Waals surface area contributed by atoms with Gasteiger partial charge in [-0.15, -0.1) is 0 Å². The molecule has 8 heteroatoms. The molecule has 0 aromatic carbocycles. The van der Waals surface area contributed by atoms with Crippen molar-refractivity contribution in [2.45, 2.75) is 25.0 Å². The van der Waals surface area contributed by atoms with Crippen molar-refractivity contribution in [3.8, 4) is 0 Å². The second-order valence-corrected chi connectivity index (χ2v) is 5.38. The largest absolute Gasteiger partial charge is 0.365 e. The minimum Gasteiger partial charge on any atom is -0.365 e. The quantitative estimate of drug-likeness (QED) is 0.526. The summed E-state index contributed by atoms with van der Waals surface area (Å²) in [5.74, 6) is -0.210. The first-order chi connectivity index (χ1) is 10.0. The number of piperidine rings is 1. The predicted octanol–water partition coefficient (Wildman–Crippen LogP) is -0.687. The van der Waals surface area contributed by atoms with Gasteiger partial charge in [-0.25, -0.2) is 10.0 Å². The first-order valence-electron chi connectivity index (χ1n) is 6.97. The van der Waals surface area contributed by atoms with Gasteiger partial charge in [0.05, 0.1) is 13.2 Å². The van der Waals surface area contributed by atoms with Crippen LogP contribution in [-0.2, 0) is 16.9 Å². The molecule has 2 aliphatic rings. The number of carbonyl (C=O) groups is 1. The number of ether oxygens (including phenoxy) is 1. The van der Waals surface area contributed by atoms with Crippen molar-refractivity contribution in [3.63, 3.8) is 0 Å². The van der Waals surface area contributed by atoms with E-state index in [1.807, 2.05) is 0 Å². The maximum absolute atomic E-state index is 12.2. The van der Waals surface area contributed by atoms with Crippen LogP contribution in [0.1, 0.15) is 29.2 Å². The highest BCUT2D eigenvalue weighted by Gasteiger charge is 2.42. The summed E-state index contributed by atoms with van der Waals surface area (Å²) in [4.78, 5) is 28.4. The Morgan fingerprint density at radius 3 is 2.90 bits per heavy atom. The molecule has 0 unspecified atom stereocenters. The molecule has 8 nitrogen and oxygen atoms in total. The summed E-state index contributed by atoms with van der Waals surface area (Å²) in [6, 6.07) is 1.17. The number of hydroxylamine groups is 2. The molecule has 0 bridgehead atoms. The molecule has 2 aliphatic heterocycles. The molecule has 114 valence electrons. The van der Waals surface area contributed by atoms with Crippen LogP contribution in [0.5, 0.6) is 0 Å². The number of nitrogens with one attached hydrogen (secondary N) is 1. The van der Waals surface area contributed by atoms with Gasteiger partial charge in [0.15, 0.2) is 0 Å². The molecule has 2 N–H and O–H groups in total. The molecule has 1 aromatic rings. The van der Waals surface area contributed by atoms with Gasteiger partial charge in [-0.3, -0.25) is 19.4 Å². The van der Waals surface area contributed by atoms with Gasteiger partial charge in [-0.05, 0) is 25.9 Å². The molecule has 0 saturated carbocycles. The lowest BCUT2D eigenvalue weighted by Crippen LogP contribution is -2.50. The van der Waals surface area contributed by atoms with Gasteiger partial charge in [-0.2, -0.15) is 0 Å². The number of carbonyl (C=O) groups excluding carboxylic acids is 1. The molecule has 1 saturated heterocycles. The summed E-state index contributed by atoms with van der Waals surface area (Å²) in [7, 11) is 1.21. The smallest absolute Gasteiger partial charge is 0.295 e. The summed E-state index contributed by atoms with van der Waals surface area (Å²) >= 11 is 0. The molecule has 0 radical (unpaired) electrons. The fourth-order valence-electron chi connectivity index (χ4n) is 2.94. The Morgan fingerprint density at radius 1 is 1.52 bits per heavy atom.